The van der Waals surface area contributed by atoms with Crippen LogP contribution < -0.4 is 5.32 Å². The van der Waals surface area contributed by atoms with Crippen LogP contribution in [0.1, 0.15) is 29.9 Å². The third-order valence-corrected chi connectivity index (χ3v) is 2.92. The molecule has 0 fully saturated rings. The number of nitrogens with one attached hydrogen (secondary N) is 1. The zero-order valence-electron chi connectivity index (χ0n) is 9.27. The molecule has 16 heavy (non-hydrogen) atoms. The van der Waals surface area contributed by atoms with Crippen molar-refractivity contribution in [3.63, 3.8) is 0 Å². The molecule has 0 unspecified atom stereocenters. The molecule has 4 nitrogen and oxygen atoms in total. The summed E-state index contributed by atoms with van der Waals surface area (Å²) >= 11 is 1.30. The van der Waals surface area contributed by atoms with Crippen molar-refractivity contribution >= 4 is 23.2 Å². The Labute approximate surface area is 98.3 Å². The first-order valence-corrected chi connectivity index (χ1v) is 5.96. The Balaban J connectivity index is 2.62. The largest absolute Gasteiger partial charge is 0.480 e. The first-order valence-electron chi connectivity index (χ1n) is 5.08. The molecule has 2 N–H and O–H groups in total. The van der Waals surface area contributed by atoms with Crippen LogP contribution in [0.4, 0.5) is 0 Å². The smallest absolute Gasteiger partial charge is 0.326 e. The van der Waals surface area contributed by atoms with Gasteiger partial charge in [-0.25, -0.2) is 4.79 Å². The molecular formula is C11H15NO3S. The fourth-order valence-electron chi connectivity index (χ4n) is 1.33. The van der Waals surface area contributed by atoms with Crippen LogP contribution in [-0.2, 0) is 4.79 Å². The zero-order valence-corrected chi connectivity index (χ0v) is 10.1. The van der Waals surface area contributed by atoms with Gasteiger partial charge in [0.25, 0.3) is 5.91 Å². The first-order chi connectivity index (χ1) is 7.50. The molecule has 5 heteroatoms. The average Bonchev–Trinajstić information content (AvgIpc) is 2.68. The van der Waals surface area contributed by atoms with Crippen molar-refractivity contribution in [1.29, 1.82) is 0 Å². The molecule has 1 atom stereocenters. The summed E-state index contributed by atoms with van der Waals surface area (Å²) in [7, 11) is 0. The highest BCUT2D eigenvalue weighted by atomic mass is 32.1. The Morgan fingerprint density at radius 1 is 1.50 bits per heavy atom. The predicted molar refractivity (Wildman–Crippen MR) is 62.7 cm³/mol. The minimum absolute atomic E-state index is 0.227. The third-order valence-electron chi connectivity index (χ3n) is 2.06. The van der Waals surface area contributed by atoms with E-state index in [0.29, 0.717) is 11.3 Å². The monoisotopic (exact) mass is 241 g/mol. The van der Waals surface area contributed by atoms with Crippen LogP contribution in [0.15, 0.2) is 17.5 Å². The second-order valence-corrected chi connectivity index (χ2v) is 4.92. The predicted octanol–water partition coefficient (Wildman–Crippen LogP) is 1.98. The van der Waals surface area contributed by atoms with Gasteiger partial charge >= 0.3 is 5.97 Å². The number of carboxylic acids is 1. The van der Waals surface area contributed by atoms with E-state index >= 15 is 0 Å². The number of hydrogen-bond donors (Lipinski definition) is 2. The quantitative estimate of drug-likeness (QED) is 0.828. The van der Waals surface area contributed by atoms with Gasteiger partial charge in [0.2, 0.25) is 0 Å². The second kappa shape index (κ2) is 5.65. The van der Waals surface area contributed by atoms with Crippen molar-refractivity contribution in [2.75, 3.05) is 0 Å². The molecule has 0 radical (unpaired) electrons. The molecule has 0 aliphatic heterocycles. The molecule has 0 saturated heterocycles. The summed E-state index contributed by atoms with van der Waals surface area (Å²) in [5.74, 6) is -1.08. The van der Waals surface area contributed by atoms with Crippen molar-refractivity contribution in [3.05, 3.63) is 22.4 Å². The summed E-state index contributed by atoms with van der Waals surface area (Å²) < 4.78 is 0. The SMILES string of the molecule is CC(C)C[C@@H](NC(=O)c1cccs1)C(=O)O. The van der Waals surface area contributed by atoms with E-state index in [1.807, 2.05) is 13.8 Å². The highest BCUT2D eigenvalue weighted by Gasteiger charge is 2.21. The van der Waals surface area contributed by atoms with Gasteiger partial charge < -0.3 is 10.4 Å². The first kappa shape index (κ1) is 12.7. The van der Waals surface area contributed by atoms with Crippen LogP contribution in [0.25, 0.3) is 0 Å². The van der Waals surface area contributed by atoms with E-state index in [-0.39, 0.29) is 11.8 Å². The molecule has 0 bridgehead atoms. The van der Waals surface area contributed by atoms with Crippen molar-refractivity contribution in [3.8, 4) is 0 Å². The summed E-state index contributed by atoms with van der Waals surface area (Å²) in [5, 5.41) is 13.3. The van der Waals surface area contributed by atoms with Gasteiger partial charge in [-0.15, -0.1) is 11.3 Å². The molecule has 0 aliphatic carbocycles. The van der Waals surface area contributed by atoms with E-state index in [1.165, 1.54) is 11.3 Å². The topological polar surface area (TPSA) is 66.4 Å². The van der Waals surface area contributed by atoms with Gasteiger partial charge in [0.15, 0.2) is 0 Å². The molecule has 88 valence electrons. The van der Waals surface area contributed by atoms with Gasteiger partial charge in [-0.2, -0.15) is 0 Å². The van der Waals surface area contributed by atoms with Gasteiger partial charge in [-0.05, 0) is 23.8 Å². The Morgan fingerprint density at radius 2 is 2.19 bits per heavy atom. The van der Waals surface area contributed by atoms with Crippen LogP contribution >= 0.6 is 11.3 Å². The highest BCUT2D eigenvalue weighted by molar-refractivity contribution is 7.12. The maximum absolute atomic E-state index is 11.6. The minimum atomic E-state index is -0.987. The lowest BCUT2D eigenvalue weighted by molar-refractivity contribution is -0.139. The molecule has 1 aromatic heterocycles. The number of rotatable bonds is 5. The summed E-state index contributed by atoms with van der Waals surface area (Å²) in [6.45, 7) is 3.85. The van der Waals surface area contributed by atoms with Crippen molar-refractivity contribution in [1.82, 2.24) is 5.32 Å². The van der Waals surface area contributed by atoms with Gasteiger partial charge in [-0.1, -0.05) is 19.9 Å². The fourth-order valence-corrected chi connectivity index (χ4v) is 1.96. The highest BCUT2D eigenvalue weighted by Crippen LogP contribution is 2.10. The number of amides is 1. The van der Waals surface area contributed by atoms with Crippen LogP contribution in [0, 0.1) is 5.92 Å². The van der Waals surface area contributed by atoms with E-state index in [2.05, 4.69) is 5.32 Å². The second-order valence-electron chi connectivity index (χ2n) is 3.97. The number of carboxylic acid groups (broad SMARTS) is 1. The summed E-state index contributed by atoms with van der Waals surface area (Å²) in [6, 6.07) is 2.63. The van der Waals surface area contributed by atoms with Crippen molar-refractivity contribution < 1.29 is 14.7 Å². The number of aliphatic carboxylic acids is 1. The summed E-state index contributed by atoms with van der Waals surface area (Å²) in [4.78, 5) is 23.1. The Bertz CT molecular complexity index is 359. The lowest BCUT2D eigenvalue weighted by Gasteiger charge is -2.15. The number of carbonyl (C=O) groups excluding carboxylic acids is 1. The molecule has 0 aliphatic rings. The normalized spacial score (nSPS) is 12.4. The zero-order chi connectivity index (χ0) is 12.1. The third kappa shape index (κ3) is 3.66. The van der Waals surface area contributed by atoms with Gasteiger partial charge in [0, 0.05) is 0 Å². The lowest BCUT2D eigenvalue weighted by atomic mass is 10.0. The van der Waals surface area contributed by atoms with Crippen molar-refractivity contribution in [2.24, 2.45) is 5.92 Å². The maximum atomic E-state index is 11.6. The number of hydrogen-bond acceptors (Lipinski definition) is 3. The molecule has 0 aromatic carbocycles. The summed E-state index contributed by atoms with van der Waals surface area (Å²) in [5.41, 5.74) is 0. The van der Waals surface area contributed by atoms with Crippen LogP contribution in [0.5, 0.6) is 0 Å². The van der Waals surface area contributed by atoms with E-state index in [1.54, 1.807) is 17.5 Å². The molecule has 1 rings (SSSR count). The Hall–Kier alpha value is -1.36. The fraction of sp³-hybridized carbons (Fsp3) is 0.455. The van der Waals surface area contributed by atoms with E-state index in [0.717, 1.165) is 0 Å². The number of thiophene rings is 1. The Kier molecular flexibility index (Phi) is 4.49. The molecule has 0 spiro atoms. The molecular weight excluding hydrogens is 226 g/mol. The van der Waals surface area contributed by atoms with E-state index < -0.39 is 12.0 Å². The van der Waals surface area contributed by atoms with Crippen LogP contribution in [-0.4, -0.2) is 23.0 Å². The van der Waals surface area contributed by atoms with Crippen molar-refractivity contribution in [2.45, 2.75) is 26.3 Å². The van der Waals surface area contributed by atoms with E-state index in [4.69, 9.17) is 5.11 Å². The van der Waals surface area contributed by atoms with Gasteiger partial charge in [0.05, 0.1) is 4.88 Å². The van der Waals surface area contributed by atoms with Crippen LogP contribution in [0.3, 0.4) is 0 Å². The van der Waals surface area contributed by atoms with Crippen LogP contribution in [0.2, 0.25) is 0 Å². The maximum Gasteiger partial charge on any atom is 0.326 e. The summed E-state index contributed by atoms with van der Waals surface area (Å²) in [6.07, 6.45) is 0.437. The minimum Gasteiger partial charge on any atom is -0.480 e. The van der Waals surface area contributed by atoms with Gasteiger partial charge in [0.1, 0.15) is 6.04 Å². The molecule has 1 aromatic rings. The molecule has 1 amide bonds. The lowest BCUT2D eigenvalue weighted by Crippen LogP contribution is -2.41. The van der Waals surface area contributed by atoms with Gasteiger partial charge in [-0.3, -0.25) is 4.79 Å². The standard InChI is InChI=1S/C11H15NO3S/c1-7(2)6-8(11(14)15)12-10(13)9-4-3-5-16-9/h3-5,7-8H,6H2,1-2H3,(H,12,13)(H,14,15)/t8-/m1/s1. The average molecular weight is 241 g/mol. The Morgan fingerprint density at radius 3 is 2.62 bits per heavy atom. The molecule has 0 saturated carbocycles. The molecule has 1 heterocycles. The number of carbonyl (C=O) groups is 2. The van der Waals surface area contributed by atoms with E-state index in [9.17, 15) is 9.59 Å².